The molecule has 4 nitrogen and oxygen atoms in total. The van der Waals surface area contributed by atoms with E-state index >= 15 is 0 Å². The molecule has 6 heteroatoms. The van der Waals surface area contributed by atoms with Crippen molar-refractivity contribution in [2.75, 3.05) is 12.3 Å². The fraction of sp³-hybridized carbons (Fsp3) is 0.385. The third-order valence-electron chi connectivity index (χ3n) is 3.30. The van der Waals surface area contributed by atoms with Crippen LogP contribution in [0.4, 0.5) is 4.39 Å². The number of nitrogens with one attached hydrogen (secondary N) is 1. The number of benzene rings is 1. The number of fused-ring (bicyclic) bond motifs is 1. The molecule has 0 bridgehead atoms. The zero-order chi connectivity index (χ0) is 13.5. The molecule has 3 rings (SSSR count). The van der Waals surface area contributed by atoms with E-state index in [-0.39, 0.29) is 23.7 Å². The Kier molecular flexibility index (Phi) is 3.06. The molecule has 2 unspecified atom stereocenters. The van der Waals surface area contributed by atoms with Gasteiger partial charge in [0.05, 0.1) is 5.75 Å². The van der Waals surface area contributed by atoms with Gasteiger partial charge in [-0.15, -0.1) is 0 Å². The second-order valence-electron chi connectivity index (χ2n) is 4.87. The summed E-state index contributed by atoms with van der Waals surface area (Å²) in [6.45, 7) is 0.542. The molecule has 2 aliphatic rings. The highest BCUT2D eigenvalue weighted by Crippen LogP contribution is 2.29. The second-order valence-corrected chi connectivity index (χ2v) is 6.80. The second kappa shape index (κ2) is 4.61. The first kappa shape index (κ1) is 12.6. The van der Waals surface area contributed by atoms with E-state index in [1.165, 1.54) is 17.5 Å². The predicted octanol–water partition coefficient (Wildman–Crippen LogP) is 1.03. The molecule has 2 atom stereocenters. The third-order valence-corrected chi connectivity index (χ3v) is 4.70. The van der Waals surface area contributed by atoms with Crippen molar-refractivity contribution in [2.24, 2.45) is 0 Å². The van der Waals surface area contributed by atoms with Gasteiger partial charge in [-0.3, -0.25) is 0 Å². The van der Waals surface area contributed by atoms with Gasteiger partial charge < -0.3 is 10.1 Å². The third kappa shape index (κ3) is 2.79. The maximum absolute atomic E-state index is 13.1. The minimum Gasteiger partial charge on any atom is -0.488 e. The summed E-state index contributed by atoms with van der Waals surface area (Å²) in [7, 11) is -3.03. The lowest BCUT2D eigenvalue weighted by atomic mass is 10.1. The first-order valence-corrected chi connectivity index (χ1v) is 7.83. The molecule has 19 heavy (non-hydrogen) atoms. The number of sulfone groups is 1. The van der Waals surface area contributed by atoms with E-state index in [2.05, 4.69) is 5.32 Å². The summed E-state index contributed by atoms with van der Waals surface area (Å²) in [6.07, 6.45) is 2.22. The summed E-state index contributed by atoms with van der Waals surface area (Å²) < 4.78 is 41.2. The molecular formula is C13H14FNO3S. The van der Waals surface area contributed by atoms with E-state index in [9.17, 15) is 12.8 Å². The smallest absolute Gasteiger partial charge is 0.173 e. The fourth-order valence-electron chi connectivity index (χ4n) is 2.39. The van der Waals surface area contributed by atoms with Crippen LogP contribution in [0.15, 0.2) is 29.7 Å². The van der Waals surface area contributed by atoms with Crippen LogP contribution in [0.5, 0.6) is 5.75 Å². The average Bonchev–Trinajstić information content (AvgIpc) is 2.89. The molecule has 0 aliphatic carbocycles. The molecule has 0 spiro atoms. The summed E-state index contributed by atoms with van der Waals surface area (Å²) in [4.78, 5) is 0. The van der Waals surface area contributed by atoms with E-state index in [1.807, 2.05) is 0 Å². The predicted molar refractivity (Wildman–Crippen MR) is 69.2 cm³/mol. The summed E-state index contributed by atoms with van der Waals surface area (Å²) in [5.41, 5.74) is 0.862. The van der Waals surface area contributed by atoms with Crippen LogP contribution in [0, 0.1) is 5.82 Å². The molecule has 102 valence electrons. The van der Waals surface area contributed by atoms with Crippen molar-refractivity contribution in [3.63, 3.8) is 0 Å². The Balaban J connectivity index is 1.56. The van der Waals surface area contributed by atoms with Crippen LogP contribution in [0.2, 0.25) is 0 Å². The Morgan fingerprint density at radius 1 is 1.42 bits per heavy atom. The van der Waals surface area contributed by atoms with E-state index < -0.39 is 9.84 Å². The summed E-state index contributed by atoms with van der Waals surface area (Å²) in [5, 5.41) is 4.38. The molecule has 1 aromatic carbocycles. The number of hydrogen-bond donors (Lipinski definition) is 1. The zero-order valence-electron chi connectivity index (χ0n) is 10.2. The molecule has 0 saturated heterocycles. The minimum absolute atomic E-state index is 0.0755. The Morgan fingerprint density at radius 2 is 2.26 bits per heavy atom. The van der Waals surface area contributed by atoms with Crippen LogP contribution in [-0.4, -0.2) is 32.9 Å². The maximum Gasteiger partial charge on any atom is 0.173 e. The van der Waals surface area contributed by atoms with Crippen LogP contribution in [-0.2, 0) is 16.3 Å². The quantitative estimate of drug-likeness (QED) is 0.900. The van der Waals surface area contributed by atoms with Gasteiger partial charge in [0.15, 0.2) is 9.84 Å². The van der Waals surface area contributed by atoms with Gasteiger partial charge in [0.1, 0.15) is 17.7 Å². The Hall–Kier alpha value is -1.40. The van der Waals surface area contributed by atoms with Crippen LogP contribution in [0.3, 0.4) is 0 Å². The Morgan fingerprint density at radius 3 is 3.00 bits per heavy atom. The number of rotatable bonds is 3. The Labute approximate surface area is 111 Å². The van der Waals surface area contributed by atoms with Gasteiger partial charge in [-0.1, -0.05) is 6.08 Å². The lowest BCUT2D eigenvalue weighted by Gasteiger charge is -2.14. The standard InChI is InChI=1S/C13H14FNO3S/c14-10-1-2-13-9(5-10)6-12(18-13)7-15-11-3-4-19(16,17)8-11/h1-5,11-12,15H,6-8H2. The summed E-state index contributed by atoms with van der Waals surface area (Å²) in [5.74, 6) is 0.546. The summed E-state index contributed by atoms with van der Waals surface area (Å²) >= 11 is 0. The van der Waals surface area contributed by atoms with Gasteiger partial charge in [0.25, 0.3) is 0 Å². The molecular weight excluding hydrogens is 269 g/mol. The highest BCUT2D eigenvalue weighted by atomic mass is 32.2. The van der Waals surface area contributed by atoms with Crippen molar-refractivity contribution in [1.29, 1.82) is 0 Å². The van der Waals surface area contributed by atoms with Crippen molar-refractivity contribution in [1.82, 2.24) is 5.32 Å². The zero-order valence-corrected chi connectivity index (χ0v) is 11.0. The summed E-state index contributed by atoms with van der Waals surface area (Å²) in [6, 6.07) is 4.33. The van der Waals surface area contributed by atoms with Gasteiger partial charge in [-0.2, -0.15) is 0 Å². The highest BCUT2D eigenvalue weighted by molar-refractivity contribution is 7.94. The molecule has 1 N–H and O–H groups in total. The topological polar surface area (TPSA) is 55.4 Å². The van der Waals surface area contributed by atoms with Crippen LogP contribution < -0.4 is 10.1 Å². The molecule has 2 aliphatic heterocycles. The van der Waals surface area contributed by atoms with Crippen LogP contribution in [0.1, 0.15) is 5.56 Å². The lowest BCUT2D eigenvalue weighted by molar-refractivity contribution is 0.225. The van der Waals surface area contributed by atoms with E-state index in [4.69, 9.17) is 4.74 Å². The van der Waals surface area contributed by atoms with Crippen molar-refractivity contribution in [3.05, 3.63) is 41.1 Å². The number of hydrogen-bond acceptors (Lipinski definition) is 4. The van der Waals surface area contributed by atoms with Gasteiger partial charge in [0, 0.05) is 30.0 Å². The lowest BCUT2D eigenvalue weighted by Crippen LogP contribution is -2.37. The van der Waals surface area contributed by atoms with E-state index in [0.29, 0.717) is 18.7 Å². The molecule has 0 fully saturated rings. The van der Waals surface area contributed by atoms with E-state index in [1.54, 1.807) is 12.1 Å². The molecule has 1 aromatic rings. The largest absolute Gasteiger partial charge is 0.488 e. The van der Waals surface area contributed by atoms with Gasteiger partial charge in [0.2, 0.25) is 0 Å². The molecule has 0 amide bonds. The van der Waals surface area contributed by atoms with Gasteiger partial charge in [-0.05, 0) is 18.2 Å². The van der Waals surface area contributed by atoms with Gasteiger partial charge >= 0.3 is 0 Å². The van der Waals surface area contributed by atoms with Gasteiger partial charge in [-0.25, -0.2) is 12.8 Å². The number of ether oxygens (including phenoxy) is 1. The average molecular weight is 283 g/mol. The normalized spacial score (nSPS) is 27.2. The van der Waals surface area contributed by atoms with E-state index in [0.717, 1.165) is 5.56 Å². The SMILES string of the molecule is O=S1(=O)C=CC(NCC2Cc3cc(F)ccc3O2)C1. The van der Waals surface area contributed by atoms with Crippen LogP contribution in [0.25, 0.3) is 0 Å². The molecule has 2 heterocycles. The van der Waals surface area contributed by atoms with Crippen molar-refractivity contribution in [2.45, 2.75) is 18.6 Å². The highest BCUT2D eigenvalue weighted by Gasteiger charge is 2.26. The Bertz CT molecular complexity index is 627. The monoisotopic (exact) mass is 283 g/mol. The molecule has 0 aromatic heterocycles. The van der Waals surface area contributed by atoms with Crippen molar-refractivity contribution >= 4 is 9.84 Å². The first-order valence-electron chi connectivity index (χ1n) is 6.11. The fourth-order valence-corrected chi connectivity index (χ4v) is 3.66. The van der Waals surface area contributed by atoms with Crippen molar-refractivity contribution < 1.29 is 17.5 Å². The molecule has 0 radical (unpaired) electrons. The molecule has 0 saturated carbocycles. The first-order chi connectivity index (χ1) is 9.02. The number of halogens is 1. The van der Waals surface area contributed by atoms with Crippen LogP contribution >= 0.6 is 0 Å². The maximum atomic E-state index is 13.1. The minimum atomic E-state index is -3.03. The van der Waals surface area contributed by atoms with Crippen molar-refractivity contribution in [3.8, 4) is 5.75 Å².